The largest absolute Gasteiger partial charge is 0.333 e. The van der Waals surface area contributed by atoms with E-state index in [9.17, 15) is 9.18 Å². The van der Waals surface area contributed by atoms with Crippen molar-refractivity contribution in [2.75, 3.05) is 19.6 Å². The summed E-state index contributed by atoms with van der Waals surface area (Å²) >= 11 is 0. The average molecular weight is 222 g/mol. The van der Waals surface area contributed by atoms with Gasteiger partial charge in [0.25, 0.3) is 5.91 Å². The van der Waals surface area contributed by atoms with Gasteiger partial charge < -0.3 is 10.2 Å². The van der Waals surface area contributed by atoms with Crippen LogP contribution in [0.25, 0.3) is 0 Å². The molecular weight excluding hydrogens is 207 g/mol. The van der Waals surface area contributed by atoms with Gasteiger partial charge >= 0.3 is 0 Å². The highest BCUT2D eigenvalue weighted by Gasteiger charge is 2.23. The van der Waals surface area contributed by atoms with Crippen LogP contribution < -0.4 is 5.32 Å². The smallest absolute Gasteiger partial charge is 0.254 e. The van der Waals surface area contributed by atoms with Crippen LogP contribution in [0.4, 0.5) is 4.39 Å². The van der Waals surface area contributed by atoms with Gasteiger partial charge in [0, 0.05) is 31.2 Å². The Morgan fingerprint density at radius 2 is 2.12 bits per heavy atom. The Bertz CT molecular complexity index is 377. The molecule has 0 spiro atoms. The van der Waals surface area contributed by atoms with Crippen LogP contribution in [0.3, 0.4) is 0 Å². The number of hydrogen-bond acceptors (Lipinski definition) is 2. The molecule has 1 saturated heterocycles. The van der Waals surface area contributed by atoms with Crippen LogP contribution in [-0.4, -0.2) is 36.5 Å². The molecule has 1 heterocycles. The van der Waals surface area contributed by atoms with E-state index in [1.54, 1.807) is 0 Å². The lowest BCUT2D eigenvalue weighted by molar-refractivity contribution is 0.0655. The molecule has 3 nitrogen and oxygen atoms in total. The summed E-state index contributed by atoms with van der Waals surface area (Å²) in [5.74, 6) is -0.334. The summed E-state index contributed by atoms with van der Waals surface area (Å²) < 4.78 is 12.7. The third kappa shape index (κ3) is 2.22. The molecule has 1 amide bonds. The summed E-state index contributed by atoms with van der Waals surface area (Å²) in [5, 5.41) is 3.23. The van der Waals surface area contributed by atoms with Gasteiger partial charge in [0.2, 0.25) is 0 Å². The number of nitrogens with zero attached hydrogens (tertiary/aromatic N) is 1. The summed E-state index contributed by atoms with van der Waals surface area (Å²) in [6, 6.07) is 5.89. The molecule has 0 aromatic heterocycles. The molecule has 0 unspecified atom stereocenters. The van der Waals surface area contributed by atoms with Gasteiger partial charge in [0.1, 0.15) is 5.82 Å². The Kier molecular flexibility index (Phi) is 3.19. The first-order chi connectivity index (χ1) is 7.68. The lowest BCUT2D eigenvalue weighted by Gasteiger charge is -2.34. The number of rotatable bonds is 1. The zero-order chi connectivity index (χ0) is 11.5. The Morgan fingerprint density at radius 3 is 2.75 bits per heavy atom. The molecule has 1 aromatic carbocycles. The molecule has 1 aliphatic rings. The zero-order valence-corrected chi connectivity index (χ0v) is 9.24. The zero-order valence-electron chi connectivity index (χ0n) is 9.24. The number of nitrogens with one attached hydrogen (secondary N) is 1. The average Bonchev–Trinajstić information content (AvgIpc) is 2.30. The monoisotopic (exact) mass is 222 g/mol. The fraction of sp³-hybridized carbons (Fsp3) is 0.417. The molecule has 1 aliphatic heterocycles. The Hall–Kier alpha value is -1.42. The van der Waals surface area contributed by atoms with Crippen molar-refractivity contribution in [1.82, 2.24) is 10.2 Å². The lowest BCUT2D eigenvalue weighted by atomic mass is 10.1. The van der Waals surface area contributed by atoms with Crippen molar-refractivity contribution >= 4 is 5.91 Å². The SMILES string of the molecule is C[C@@H]1CNCCN1C(=O)c1ccc(F)cc1. The van der Waals surface area contributed by atoms with E-state index in [0.717, 1.165) is 13.1 Å². The summed E-state index contributed by atoms with van der Waals surface area (Å²) in [7, 11) is 0. The number of amides is 1. The summed E-state index contributed by atoms with van der Waals surface area (Å²) in [5.41, 5.74) is 0.551. The number of carbonyl (C=O) groups is 1. The van der Waals surface area contributed by atoms with Crippen LogP contribution in [0.5, 0.6) is 0 Å². The van der Waals surface area contributed by atoms with E-state index in [4.69, 9.17) is 0 Å². The first-order valence-corrected chi connectivity index (χ1v) is 5.46. The van der Waals surface area contributed by atoms with Gasteiger partial charge in [-0.1, -0.05) is 0 Å². The van der Waals surface area contributed by atoms with E-state index in [-0.39, 0.29) is 17.8 Å². The van der Waals surface area contributed by atoms with E-state index in [0.29, 0.717) is 12.1 Å². The second-order valence-electron chi connectivity index (χ2n) is 4.06. The number of carbonyl (C=O) groups excluding carboxylic acids is 1. The normalized spacial score (nSPS) is 20.9. The van der Waals surface area contributed by atoms with Crippen molar-refractivity contribution in [3.63, 3.8) is 0 Å². The van der Waals surface area contributed by atoms with Crippen molar-refractivity contribution in [1.29, 1.82) is 0 Å². The highest BCUT2D eigenvalue weighted by molar-refractivity contribution is 5.94. The van der Waals surface area contributed by atoms with Crippen molar-refractivity contribution in [2.45, 2.75) is 13.0 Å². The van der Waals surface area contributed by atoms with Gasteiger partial charge in [-0.05, 0) is 31.2 Å². The van der Waals surface area contributed by atoms with Crippen molar-refractivity contribution in [3.8, 4) is 0 Å². The minimum atomic E-state index is -0.315. The van der Waals surface area contributed by atoms with Crippen LogP contribution in [0, 0.1) is 5.82 Å². The summed E-state index contributed by atoms with van der Waals surface area (Å²) in [6.45, 7) is 4.34. The maximum Gasteiger partial charge on any atom is 0.254 e. The quantitative estimate of drug-likeness (QED) is 0.776. The third-order valence-corrected chi connectivity index (χ3v) is 2.85. The molecule has 1 fully saturated rings. The molecule has 0 bridgehead atoms. The standard InChI is InChI=1S/C12H15FN2O/c1-9-8-14-6-7-15(9)12(16)10-2-4-11(13)5-3-10/h2-5,9,14H,6-8H2,1H3/t9-/m1/s1. The predicted octanol–water partition coefficient (Wildman–Crippen LogP) is 1.26. The number of hydrogen-bond donors (Lipinski definition) is 1. The molecule has 0 radical (unpaired) electrons. The van der Waals surface area contributed by atoms with Gasteiger partial charge in [-0.2, -0.15) is 0 Å². The molecular formula is C12H15FN2O. The van der Waals surface area contributed by atoms with E-state index in [1.807, 2.05) is 11.8 Å². The molecule has 2 rings (SSSR count). The van der Waals surface area contributed by atoms with Crippen LogP contribution in [0.2, 0.25) is 0 Å². The van der Waals surface area contributed by atoms with Crippen LogP contribution in [-0.2, 0) is 0 Å². The van der Waals surface area contributed by atoms with Gasteiger partial charge in [-0.25, -0.2) is 4.39 Å². The van der Waals surface area contributed by atoms with Crippen LogP contribution in [0.1, 0.15) is 17.3 Å². The Labute approximate surface area is 94.3 Å². The fourth-order valence-corrected chi connectivity index (χ4v) is 1.90. The van der Waals surface area contributed by atoms with Crippen LogP contribution in [0.15, 0.2) is 24.3 Å². The molecule has 0 aliphatic carbocycles. The van der Waals surface area contributed by atoms with Gasteiger partial charge in [-0.15, -0.1) is 0 Å². The Morgan fingerprint density at radius 1 is 1.44 bits per heavy atom. The predicted molar refractivity (Wildman–Crippen MR) is 59.8 cm³/mol. The second-order valence-corrected chi connectivity index (χ2v) is 4.06. The molecule has 1 N–H and O–H groups in total. The Balaban J connectivity index is 2.14. The maximum absolute atomic E-state index is 12.7. The van der Waals surface area contributed by atoms with Crippen LogP contribution >= 0.6 is 0 Å². The highest BCUT2D eigenvalue weighted by atomic mass is 19.1. The van der Waals surface area contributed by atoms with E-state index in [1.165, 1.54) is 24.3 Å². The second kappa shape index (κ2) is 4.61. The van der Waals surface area contributed by atoms with Crippen molar-refractivity contribution < 1.29 is 9.18 Å². The number of benzene rings is 1. The minimum Gasteiger partial charge on any atom is -0.333 e. The minimum absolute atomic E-state index is 0.0194. The van der Waals surface area contributed by atoms with Crippen molar-refractivity contribution in [3.05, 3.63) is 35.6 Å². The fourth-order valence-electron chi connectivity index (χ4n) is 1.90. The summed E-state index contributed by atoms with van der Waals surface area (Å²) in [6.07, 6.45) is 0. The van der Waals surface area contributed by atoms with E-state index < -0.39 is 0 Å². The van der Waals surface area contributed by atoms with Gasteiger partial charge in [0.05, 0.1) is 0 Å². The molecule has 4 heteroatoms. The third-order valence-electron chi connectivity index (χ3n) is 2.85. The molecule has 16 heavy (non-hydrogen) atoms. The van der Waals surface area contributed by atoms with Gasteiger partial charge in [-0.3, -0.25) is 4.79 Å². The molecule has 0 saturated carbocycles. The molecule has 1 atom stereocenters. The highest BCUT2D eigenvalue weighted by Crippen LogP contribution is 2.11. The van der Waals surface area contributed by atoms with E-state index in [2.05, 4.69) is 5.32 Å². The van der Waals surface area contributed by atoms with Crippen molar-refractivity contribution in [2.24, 2.45) is 0 Å². The van der Waals surface area contributed by atoms with E-state index >= 15 is 0 Å². The number of piperazine rings is 1. The maximum atomic E-state index is 12.7. The summed E-state index contributed by atoms with van der Waals surface area (Å²) in [4.78, 5) is 13.9. The lowest BCUT2D eigenvalue weighted by Crippen LogP contribution is -2.52. The first kappa shape index (κ1) is 11.1. The topological polar surface area (TPSA) is 32.3 Å². The first-order valence-electron chi connectivity index (χ1n) is 5.46. The molecule has 1 aromatic rings. The van der Waals surface area contributed by atoms with Gasteiger partial charge in [0.15, 0.2) is 0 Å². The molecule has 86 valence electrons. The number of halogens is 1.